The van der Waals surface area contributed by atoms with Crippen molar-refractivity contribution < 1.29 is 14.4 Å². The van der Waals surface area contributed by atoms with Gasteiger partial charge >= 0.3 is 0 Å². The first-order valence-corrected chi connectivity index (χ1v) is 10.6. The third-order valence-corrected chi connectivity index (χ3v) is 6.78. The van der Waals surface area contributed by atoms with Crippen LogP contribution in [0.5, 0.6) is 0 Å². The molecule has 3 aliphatic rings. The molecule has 0 spiro atoms. The first kappa shape index (κ1) is 18.9. The van der Waals surface area contributed by atoms with Crippen molar-refractivity contribution in [2.24, 2.45) is 0 Å². The van der Waals surface area contributed by atoms with E-state index in [1.807, 2.05) is 42.2 Å². The summed E-state index contributed by atoms with van der Waals surface area (Å²) in [4.78, 5) is 44.3. The third kappa shape index (κ3) is 2.82. The average molecular weight is 403 g/mol. The summed E-state index contributed by atoms with van der Waals surface area (Å²) in [6, 6.07) is 15.5. The molecule has 5 rings (SSSR count). The Bertz CT molecular complexity index is 1050. The van der Waals surface area contributed by atoms with Crippen molar-refractivity contribution in [2.75, 3.05) is 18.0 Å². The number of para-hydroxylation sites is 1. The molecule has 0 bridgehead atoms. The van der Waals surface area contributed by atoms with Gasteiger partial charge in [0.1, 0.15) is 5.66 Å². The number of fused-ring (bicyclic) bond motifs is 4. The van der Waals surface area contributed by atoms with E-state index in [1.54, 1.807) is 15.9 Å². The molecular formula is C24H25N3O3. The van der Waals surface area contributed by atoms with Crippen LogP contribution in [-0.4, -0.2) is 46.3 Å². The van der Waals surface area contributed by atoms with Crippen molar-refractivity contribution in [1.82, 2.24) is 9.80 Å². The molecule has 2 aromatic carbocycles. The monoisotopic (exact) mass is 403 g/mol. The van der Waals surface area contributed by atoms with Crippen molar-refractivity contribution in [3.8, 4) is 0 Å². The number of anilines is 1. The van der Waals surface area contributed by atoms with Crippen molar-refractivity contribution in [2.45, 2.75) is 44.8 Å². The maximum atomic E-state index is 13.3. The predicted molar refractivity (Wildman–Crippen MR) is 113 cm³/mol. The number of nitrogens with zero attached hydrogens (tertiary/aromatic N) is 3. The van der Waals surface area contributed by atoms with Gasteiger partial charge in [0.2, 0.25) is 11.8 Å². The fraction of sp³-hybridized carbons (Fsp3) is 0.375. The summed E-state index contributed by atoms with van der Waals surface area (Å²) in [6.45, 7) is 3.57. The second kappa shape index (κ2) is 6.97. The lowest BCUT2D eigenvalue weighted by Crippen LogP contribution is -2.62. The Hall–Kier alpha value is -3.15. The molecule has 1 fully saturated rings. The van der Waals surface area contributed by atoms with E-state index in [2.05, 4.69) is 12.1 Å². The van der Waals surface area contributed by atoms with Gasteiger partial charge in [0.05, 0.1) is 11.3 Å². The molecule has 30 heavy (non-hydrogen) atoms. The lowest BCUT2D eigenvalue weighted by Gasteiger charge is -2.48. The number of benzene rings is 2. The molecule has 0 unspecified atom stereocenters. The topological polar surface area (TPSA) is 60.9 Å². The predicted octanol–water partition coefficient (Wildman–Crippen LogP) is 2.96. The highest BCUT2D eigenvalue weighted by atomic mass is 16.2. The van der Waals surface area contributed by atoms with Crippen LogP contribution in [0.2, 0.25) is 0 Å². The van der Waals surface area contributed by atoms with Gasteiger partial charge in [-0.15, -0.1) is 0 Å². The Morgan fingerprint density at radius 2 is 1.73 bits per heavy atom. The highest BCUT2D eigenvalue weighted by molar-refractivity contribution is 6.10. The van der Waals surface area contributed by atoms with Crippen LogP contribution in [0.25, 0.3) is 0 Å². The second-order valence-corrected chi connectivity index (χ2v) is 8.50. The van der Waals surface area contributed by atoms with Gasteiger partial charge in [0, 0.05) is 32.5 Å². The molecule has 0 aliphatic carbocycles. The van der Waals surface area contributed by atoms with Gasteiger partial charge in [-0.25, -0.2) is 0 Å². The van der Waals surface area contributed by atoms with Gasteiger partial charge < -0.3 is 9.80 Å². The van der Waals surface area contributed by atoms with Crippen LogP contribution in [-0.2, 0) is 22.6 Å². The molecule has 0 N–H and O–H groups in total. The van der Waals surface area contributed by atoms with Gasteiger partial charge in [-0.05, 0) is 43.0 Å². The quantitative estimate of drug-likeness (QED) is 0.792. The number of hydrogen-bond donors (Lipinski definition) is 0. The van der Waals surface area contributed by atoms with Crippen LogP contribution in [0.4, 0.5) is 5.69 Å². The SMILES string of the molecule is C[C@]12CCC(=O)N1c1ccccc1C(=O)N2CCC(=O)N1CCc2ccccc2C1. The van der Waals surface area contributed by atoms with Crippen molar-refractivity contribution >= 4 is 23.4 Å². The Labute approximate surface area is 176 Å². The molecule has 3 amide bonds. The maximum Gasteiger partial charge on any atom is 0.257 e. The van der Waals surface area contributed by atoms with E-state index < -0.39 is 5.66 Å². The molecule has 3 aliphatic heterocycles. The zero-order valence-corrected chi connectivity index (χ0v) is 17.1. The van der Waals surface area contributed by atoms with Gasteiger partial charge in [-0.1, -0.05) is 36.4 Å². The summed E-state index contributed by atoms with van der Waals surface area (Å²) in [5, 5.41) is 0. The van der Waals surface area contributed by atoms with Gasteiger partial charge in [0.15, 0.2) is 0 Å². The summed E-state index contributed by atoms with van der Waals surface area (Å²) in [7, 11) is 0. The summed E-state index contributed by atoms with van der Waals surface area (Å²) in [5.41, 5.74) is 3.00. The largest absolute Gasteiger partial charge is 0.338 e. The van der Waals surface area contributed by atoms with Crippen LogP contribution in [0.15, 0.2) is 48.5 Å². The molecule has 3 heterocycles. The minimum absolute atomic E-state index is 0.0291. The molecule has 1 atom stereocenters. The molecule has 6 heteroatoms. The lowest BCUT2D eigenvalue weighted by molar-refractivity contribution is -0.132. The van der Waals surface area contributed by atoms with E-state index in [1.165, 1.54) is 11.1 Å². The fourth-order valence-corrected chi connectivity index (χ4v) is 5.12. The van der Waals surface area contributed by atoms with E-state index in [0.717, 1.165) is 6.42 Å². The van der Waals surface area contributed by atoms with E-state index in [-0.39, 0.29) is 24.1 Å². The molecule has 0 saturated carbocycles. The van der Waals surface area contributed by atoms with Gasteiger partial charge in [-0.2, -0.15) is 0 Å². The van der Waals surface area contributed by atoms with Crippen LogP contribution < -0.4 is 4.90 Å². The summed E-state index contributed by atoms with van der Waals surface area (Å²) in [6.07, 6.45) is 2.11. The normalized spacial score (nSPS) is 22.6. The molecule has 6 nitrogen and oxygen atoms in total. The second-order valence-electron chi connectivity index (χ2n) is 8.50. The van der Waals surface area contributed by atoms with Crippen molar-refractivity contribution in [3.63, 3.8) is 0 Å². The van der Waals surface area contributed by atoms with Crippen LogP contribution in [0.3, 0.4) is 0 Å². The molecule has 0 radical (unpaired) electrons. The number of carbonyl (C=O) groups is 3. The number of amides is 3. The van der Waals surface area contributed by atoms with Crippen molar-refractivity contribution in [3.05, 3.63) is 65.2 Å². The highest BCUT2D eigenvalue weighted by Gasteiger charge is 2.52. The third-order valence-electron chi connectivity index (χ3n) is 6.78. The van der Waals surface area contributed by atoms with E-state index in [4.69, 9.17) is 0 Å². The first-order chi connectivity index (χ1) is 14.5. The zero-order chi connectivity index (χ0) is 20.9. The Morgan fingerprint density at radius 3 is 2.57 bits per heavy atom. The fourth-order valence-electron chi connectivity index (χ4n) is 5.12. The van der Waals surface area contributed by atoms with Gasteiger partial charge in [-0.3, -0.25) is 19.3 Å². The summed E-state index contributed by atoms with van der Waals surface area (Å²) in [5.74, 6) is -0.0205. The average Bonchev–Trinajstić information content (AvgIpc) is 3.08. The van der Waals surface area contributed by atoms with Crippen LogP contribution >= 0.6 is 0 Å². The van der Waals surface area contributed by atoms with Crippen LogP contribution in [0, 0.1) is 0 Å². The van der Waals surface area contributed by atoms with E-state index in [9.17, 15) is 14.4 Å². The molecule has 1 saturated heterocycles. The van der Waals surface area contributed by atoms with Gasteiger partial charge in [0.25, 0.3) is 5.91 Å². The molecule has 0 aromatic heterocycles. The number of rotatable bonds is 3. The first-order valence-electron chi connectivity index (χ1n) is 10.6. The highest BCUT2D eigenvalue weighted by Crippen LogP contribution is 2.44. The molecule has 2 aromatic rings. The van der Waals surface area contributed by atoms with E-state index >= 15 is 0 Å². The van der Waals surface area contributed by atoms with E-state index in [0.29, 0.717) is 43.7 Å². The Balaban J connectivity index is 1.35. The molecule has 154 valence electrons. The molecular weight excluding hydrogens is 378 g/mol. The number of hydrogen-bond acceptors (Lipinski definition) is 3. The smallest absolute Gasteiger partial charge is 0.257 e. The Morgan fingerprint density at radius 1 is 1.00 bits per heavy atom. The Kier molecular flexibility index (Phi) is 4.38. The summed E-state index contributed by atoms with van der Waals surface area (Å²) >= 11 is 0. The maximum absolute atomic E-state index is 13.3. The summed E-state index contributed by atoms with van der Waals surface area (Å²) < 4.78 is 0. The van der Waals surface area contributed by atoms with Crippen molar-refractivity contribution in [1.29, 1.82) is 0 Å². The minimum Gasteiger partial charge on any atom is -0.338 e. The number of carbonyl (C=O) groups excluding carboxylic acids is 3. The van der Waals surface area contributed by atoms with Crippen LogP contribution in [0.1, 0.15) is 47.7 Å². The standard InChI is InChI=1S/C24H25N3O3/c1-24-13-10-22(29)27(24)20-9-5-4-8-19(20)23(30)26(24)15-12-21(28)25-14-11-17-6-2-3-7-18(17)16-25/h2-9H,10-16H2,1H3/t24-/m1/s1. The lowest BCUT2D eigenvalue weighted by atomic mass is 9.97. The zero-order valence-electron chi connectivity index (χ0n) is 17.1. The minimum atomic E-state index is -0.711.